The Hall–Kier alpha value is 0.100. The maximum Gasteiger partial charge on any atom is 0.411 e. The molecule has 0 saturated carbocycles. The highest BCUT2D eigenvalue weighted by atomic mass is 32.1. The smallest absolute Gasteiger partial charge is 0.372 e. The SMILES string of the molecule is CC(C)(C)C(CS)COCC(F)(F)F. The van der Waals surface area contributed by atoms with E-state index in [1.165, 1.54) is 0 Å². The van der Waals surface area contributed by atoms with Crippen LogP contribution in [0.15, 0.2) is 0 Å². The Morgan fingerprint density at radius 3 is 2.00 bits per heavy atom. The Morgan fingerprint density at radius 2 is 1.71 bits per heavy atom. The van der Waals surface area contributed by atoms with Crippen LogP contribution >= 0.6 is 12.6 Å². The molecule has 0 aliphatic carbocycles. The average Bonchev–Trinajstić information content (AvgIpc) is 1.93. The number of ether oxygens (including phenoxy) is 1. The number of rotatable bonds is 4. The van der Waals surface area contributed by atoms with Crippen LogP contribution < -0.4 is 0 Å². The van der Waals surface area contributed by atoms with Crippen molar-refractivity contribution < 1.29 is 17.9 Å². The molecule has 86 valence electrons. The summed E-state index contributed by atoms with van der Waals surface area (Å²) in [5, 5.41) is 0. The molecule has 5 heteroatoms. The molecule has 0 radical (unpaired) electrons. The highest BCUT2D eigenvalue weighted by Crippen LogP contribution is 2.27. The second-order valence-electron chi connectivity index (χ2n) is 4.38. The van der Waals surface area contributed by atoms with Crippen LogP contribution in [0, 0.1) is 11.3 Å². The molecule has 14 heavy (non-hydrogen) atoms. The third kappa shape index (κ3) is 6.54. The molecule has 0 aromatic rings. The molecule has 0 aliphatic heterocycles. The van der Waals surface area contributed by atoms with Crippen LogP contribution in [0.4, 0.5) is 13.2 Å². The first-order valence-corrected chi connectivity index (χ1v) is 5.05. The van der Waals surface area contributed by atoms with Crippen LogP contribution in [-0.2, 0) is 4.74 Å². The molecule has 1 atom stereocenters. The van der Waals surface area contributed by atoms with Crippen molar-refractivity contribution in [2.45, 2.75) is 26.9 Å². The number of hydrogen-bond acceptors (Lipinski definition) is 2. The van der Waals surface area contributed by atoms with E-state index in [1.807, 2.05) is 20.8 Å². The molecule has 1 unspecified atom stereocenters. The maximum atomic E-state index is 11.8. The molecule has 0 saturated heterocycles. The largest absolute Gasteiger partial charge is 0.411 e. The van der Waals surface area contributed by atoms with Crippen molar-refractivity contribution in [2.75, 3.05) is 19.0 Å². The summed E-state index contributed by atoms with van der Waals surface area (Å²) in [5.41, 5.74) is -0.0760. The van der Waals surface area contributed by atoms with Crippen molar-refractivity contribution in [3.8, 4) is 0 Å². The molecule has 0 aromatic carbocycles. The minimum atomic E-state index is -4.24. The van der Waals surface area contributed by atoms with Crippen molar-refractivity contribution in [3.05, 3.63) is 0 Å². The zero-order valence-corrected chi connectivity index (χ0v) is 9.58. The van der Waals surface area contributed by atoms with Gasteiger partial charge in [-0.15, -0.1) is 0 Å². The predicted molar refractivity (Wildman–Crippen MR) is 53.7 cm³/mol. The summed E-state index contributed by atoms with van der Waals surface area (Å²) in [7, 11) is 0. The predicted octanol–water partition coefficient (Wildman–Crippen LogP) is 3.16. The lowest BCUT2D eigenvalue weighted by Crippen LogP contribution is -2.29. The first-order valence-electron chi connectivity index (χ1n) is 4.42. The van der Waals surface area contributed by atoms with Gasteiger partial charge >= 0.3 is 6.18 Å². The van der Waals surface area contributed by atoms with Crippen LogP contribution in [0.1, 0.15) is 20.8 Å². The van der Waals surface area contributed by atoms with E-state index in [4.69, 9.17) is 0 Å². The Labute approximate surface area is 88.4 Å². The zero-order chi connectivity index (χ0) is 11.4. The van der Waals surface area contributed by atoms with Gasteiger partial charge in [0, 0.05) is 0 Å². The highest BCUT2D eigenvalue weighted by Gasteiger charge is 2.29. The average molecular weight is 230 g/mol. The third-order valence-electron chi connectivity index (χ3n) is 2.03. The van der Waals surface area contributed by atoms with E-state index >= 15 is 0 Å². The molecular formula is C9H17F3OS. The lowest BCUT2D eigenvalue weighted by atomic mass is 9.82. The molecule has 0 bridgehead atoms. The van der Waals surface area contributed by atoms with Gasteiger partial charge in [0.2, 0.25) is 0 Å². The first-order chi connectivity index (χ1) is 6.17. The van der Waals surface area contributed by atoms with Crippen molar-refractivity contribution >= 4 is 12.6 Å². The fourth-order valence-electron chi connectivity index (χ4n) is 0.893. The molecular weight excluding hydrogens is 213 g/mol. The lowest BCUT2D eigenvalue weighted by molar-refractivity contribution is -0.178. The van der Waals surface area contributed by atoms with E-state index in [-0.39, 0.29) is 17.9 Å². The minimum absolute atomic E-state index is 0.0354. The van der Waals surface area contributed by atoms with Gasteiger partial charge in [0.15, 0.2) is 0 Å². The van der Waals surface area contributed by atoms with E-state index in [2.05, 4.69) is 17.4 Å². The Morgan fingerprint density at radius 1 is 1.21 bits per heavy atom. The summed E-state index contributed by atoms with van der Waals surface area (Å²) in [6.07, 6.45) is -4.24. The lowest BCUT2D eigenvalue weighted by Gasteiger charge is -2.29. The van der Waals surface area contributed by atoms with Gasteiger partial charge in [-0.25, -0.2) is 0 Å². The number of hydrogen-bond donors (Lipinski definition) is 1. The van der Waals surface area contributed by atoms with E-state index in [1.54, 1.807) is 0 Å². The summed E-state index contributed by atoms with van der Waals surface area (Å²) in [5.74, 6) is 0.564. The van der Waals surface area contributed by atoms with Gasteiger partial charge in [-0.2, -0.15) is 25.8 Å². The monoisotopic (exact) mass is 230 g/mol. The molecule has 0 spiro atoms. The van der Waals surface area contributed by atoms with Gasteiger partial charge in [0.25, 0.3) is 0 Å². The van der Waals surface area contributed by atoms with Crippen molar-refractivity contribution in [2.24, 2.45) is 11.3 Å². The van der Waals surface area contributed by atoms with Crippen molar-refractivity contribution in [3.63, 3.8) is 0 Å². The Bertz CT molecular complexity index is 162. The minimum Gasteiger partial charge on any atom is -0.372 e. The zero-order valence-electron chi connectivity index (χ0n) is 8.69. The van der Waals surface area contributed by atoms with Crippen molar-refractivity contribution in [1.82, 2.24) is 0 Å². The summed E-state index contributed by atoms with van der Waals surface area (Å²) in [6, 6.07) is 0. The summed E-state index contributed by atoms with van der Waals surface area (Å²) < 4.78 is 39.9. The second-order valence-corrected chi connectivity index (χ2v) is 4.74. The van der Waals surface area contributed by atoms with Gasteiger partial charge in [-0.3, -0.25) is 0 Å². The molecule has 0 heterocycles. The van der Waals surface area contributed by atoms with E-state index in [0.29, 0.717) is 5.75 Å². The fraction of sp³-hybridized carbons (Fsp3) is 1.00. The van der Waals surface area contributed by atoms with Crippen LogP contribution in [0.2, 0.25) is 0 Å². The van der Waals surface area contributed by atoms with Gasteiger partial charge in [-0.05, 0) is 17.1 Å². The normalized spacial score (nSPS) is 15.6. The van der Waals surface area contributed by atoms with Crippen molar-refractivity contribution in [1.29, 1.82) is 0 Å². The quantitative estimate of drug-likeness (QED) is 0.730. The first kappa shape index (κ1) is 14.1. The summed E-state index contributed by atoms with van der Waals surface area (Å²) in [6.45, 7) is 4.82. The number of thiol groups is 1. The van der Waals surface area contributed by atoms with Crippen LogP contribution in [0.5, 0.6) is 0 Å². The van der Waals surface area contributed by atoms with Gasteiger partial charge < -0.3 is 4.74 Å². The molecule has 0 fully saturated rings. The summed E-state index contributed by atoms with van der Waals surface area (Å²) in [4.78, 5) is 0. The second kappa shape index (κ2) is 5.26. The van der Waals surface area contributed by atoms with Gasteiger partial charge in [-0.1, -0.05) is 20.8 Å². The number of halogens is 3. The van der Waals surface area contributed by atoms with Crippen LogP contribution in [0.3, 0.4) is 0 Å². The fourth-order valence-corrected chi connectivity index (χ4v) is 1.55. The number of alkyl halides is 3. The van der Waals surface area contributed by atoms with Crippen LogP contribution in [0.25, 0.3) is 0 Å². The van der Waals surface area contributed by atoms with E-state index < -0.39 is 12.8 Å². The van der Waals surface area contributed by atoms with Gasteiger partial charge in [0.05, 0.1) is 6.61 Å². The van der Waals surface area contributed by atoms with E-state index in [0.717, 1.165) is 0 Å². The Kier molecular flexibility index (Phi) is 5.30. The highest BCUT2D eigenvalue weighted by molar-refractivity contribution is 7.80. The Balaban J connectivity index is 3.87. The molecule has 1 nitrogen and oxygen atoms in total. The maximum absolute atomic E-state index is 11.8. The summed E-state index contributed by atoms with van der Waals surface area (Å²) >= 11 is 4.09. The topological polar surface area (TPSA) is 9.23 Å². The molecule has 0 aliphatic rings. The molecule has 0 N–H and O–H groups in total. The van der Waals surface area contributed by atoms with Crippen LogP contribution in [-0.4, -0.2) is 25.1 Å². The third-order valence-corrected chi connectivity index (χ3v) is 2.47. The molecule has 0 rings (SSSR count). The standard InChI is InChI=1S/C9H17F3OS/c1-8(2,3)7(5-14)4-13-6-9(10,11)12/h7,14H,4-6H2,1-3H3. The molecule has 0 aromatic heterocycles. The van der Waals surface area contributed by atoms with Gasteiger partial charge in [0.1, 0.15) is 6.61 Å². The van der Waals surface area contributed by atoms with E-state index in [9.17, 15) is 13.2 Å². The molecule has 0 amide bonds.